The highest BCUT2D eigenvalue weighted by atomic mass is 16.3. The molecule has 1 aliphatic heterocycles. The molecule has 2 heterocycles. The maximum atomic E-state index is 9.05. The lowest BCUT2D eigenvalue weighted by molar-refractivity contribution is 0.238. The van der Waals surface area contributed by atoms with Gasteiger partial charge in [-0.2, -0.15) is 0 Å². The smallest absolute Gasteiger partial charge is 0.0553 e. The number of aromatic nitrogens is 1. The third-order valence-electron chi connectivity index (χ3n) is 2.93. The summed E-state index contributed by atoms with van der Waals surface area (Å²) in [5.41, 5.74) is 7.53. The van der Waals surface area contributed by atoms with Gasteiger partial charge in [-0.1, -0.05) is 0 Å². The first-order valence-corrected chi connectivity index (χ1v) is 5.34. The molecule has 0 aromatic carbocycles. The molecule has 0 spiro atoms. The lowest BCUT2D eigenvalue weighted by atomic mass is 10.1. The van der Waals surface area contributed by atoms with Gasteiger partial charge in [0.2, 0.25) is 0 Å². The fourth-order valence-electron chi connectivity index (χ4n) is 1.94. The molecule has 1 aromatic heterocycles. The van der Waals surface area contributed by atoms with Crippen LogP contribution >= 0.6 is 0 Å². The Labute approximate surface area is 89.7 Å². The fourth-order valence-corrected chi connectivity index (χ4v) is 1.94. The van der Waals surface area contributed by atoms with Crippen LogP contribution in [0.1, 0.15) is 12.1 Å². The second-order valence-electron chi connectivity index (χ2n) is 4.00. The van der Waals surface area contributed by atoms with Crippen LogP contribution in [0.15, 0.2) is 18.3 Å². The molecule has 4 heteroatoms. The lowest BCUT2D eigenvalue weighted by Gasteiger charge is -2.17. The number of hydrogen-bond acceptors (Lipinski definition) is 4. The average Bonchev–Trinajstić information content (AvgIpc) is 2.78. The van der Waals surface area contributed by atoms with Crippen LogP contribution in [0, 0.1) is 5.92 Å². The molecule has 0 bridgehead atoms. The van der Waals surface area contributed by atoms with Crippen LogP contribution in [0.3, 0.4) is 0 Å². The van der Waals surface area contributed by atoms with Crippen molar-refractivity contribution in [1.29, 1.82) is 0 Å². The molecule has 0 aliphatic carbocycles. The topological polar surface area (TPSA) is 62.4 Å². The van der Waals surface area contributed by atoms with Gasteiger partial charge >= 0.3 is 0 Å². The standard InChI is InChI=1S/C11H17N3O/c12-5-10-1-2-11(6-13-10)14-4-3-9(7-14)8-15/h1-2,6,9,15H,3-5,7-8,12H2. The molecule has 4 nitrogen and oxygen atoms in total. The van der Waals surface area contributed by atoms with E-state index in [1.165, 1.54) is 0 Å². The maximum absolute atomic E-state index is 9.05. The molecule has 2 rings (SSSR count). The van der Waals surface area contributed by atoms with Crippen molar-refractivity contribution < 1.29 is 5.11 Å². The van der Waals surface area contributed by atoms with Gasteiger partial charge in [0.15, 0.2) is 0 Å². The van der Waals surface area contributed by atoms with Crippen molar-refractivity contribution in [2.24, 2.45) is 11.7 Å². The molecule has 1 fully saturated rings. The molecule has 0 saturated carbocycles. The molecule has 1 atom stereocenters. The molecule has 82 valence electrons. The van der Waals surface area contributed by atoms with E-state index in [1.807, 2.05) is 12.3 Å². The van der Waals surface area contributed by atoms with E-state index in [2.05, 4.69) is 16.0 Å². The van der Waals surface area contributed by atoms with E-state index >= 15 is 0 Å². The molecule has 15 heavy (non-hydrogen) atoms. The number of nitrogens with zero attached hydrogens (tertiary/aromatic N) is 2. The van der Waals surface area contributed by atoms with Crippen LogP contribution in [0.4, 0.5) is 5.69 Å². The monoisotopic (exact) mass is 207 g/mol. The summed E-state index contributed by atoms with van der Waals surface area (Å²) in [5, 5.41) is 9.05. The second-order valence-corrected chi connectivity index (χ2v) is 4.00. The normalized spacial score (nSPS) is 20.9. The number of rotatable bonds is 3. The molecule has 1 aliphatic rings. The van der Waals surface area contributed by atoms with Gasteiger partial charge in [-0.15, -0.1) is 0 Å². The van der Waals surface area contributed by atoms with Crippen LogP contribution in [0.25, 0.3) is 0 Å². The Hall–Kier alpha value is -1.13. The van der Waals surface area contributed by atoms with Crippen molar-refractivity contribution in [3.05, 3.63) is 24.0 Å². The Balaban J connectivity index is 2.04. The highest BCUT2D eigenvalue weighted by molar-refractivity contribution is 5.45. The average molecular weight is 207 g/mol. The summed E-state index contributed by atoms with van der Waals surface area (Å²) in [6.07, 6.45) is 2.93. The Kier molecular flexibility index (Phi) is 3.18. The number of aliphatic hydroxyl groups is 1. The van der Waals surface area contributed by atoms with Crippen molar-refractivity contribution in [3.8, 4) is 0 Å². The third kappa shape index (κ3) is 2.27. The number of anilines is 1. The SMILES string of the molecule is NCc1ccc(N2CCC(CO)C2)cn1. The molecule has 1 unspecified atom stereocenters. The van der Waals surface area contributed by atoms with E-state index in [0.29, 0.717) is 12.5 Å². The van der Waals surface area contributed by atoms with Crippen molar-refractivity contribution >= 4 is 5.69 Å². The Bertz CT molecular complexity index is 312. The Morgan fingerprint density at radius 1 is 1.53 bits per heavy atom. The first kappa shape index (κ1) is 10.4. The summed E-state index contributed by atoms with van der Waals surface area (Å²) in [5.74, 6) is 0.416. The quantitative estimate of drug-likeness (QED) is 0.751. The lowest BCUT2D eigenvalue weighted by Crippen LogP contribution is -2.20. The van der Waals surface area contributed by atoms with Gasteiger partial charge in [0.05, 0.1) is 17.6 Å². The summed E-state index contributed by atoms with van der Waals surface area (Å²) < 4.78 is 0. The number of pyridine rings is 1. The highest BCUT2D eigenvalue weighted by Gasteiger charge is 2.21. The minimum atomic E-state index is 0.283. The zero-order valence-corrected chi connectivity index (χ0v) is 8.76. The van der Waals surface area contributed by atoms with E-state index in [9.17, 15) is 0 Å². The van der Waals surface area contributed by atoms with Crippen LogP contribution in [-0.2, 0) is 6.54 Å². The molecule has 3 N–H and O–H groups in total. The number of aliphatic hydroxyl groups excluding tert-OH is 1. The fraction of sp³-hybridized carbons (Fsp3) is 0.545. The number of hydrogen-bond donors (Lipinski definition) is 2. The van der Waals surface area contributed by atoms with Crippen LogP contribution in [0.5, 0.6) is 0 Å². The summed E-state index contributed by atoms with van der Waals surface area (Å²) in [6.45, 7) is 2.71. The van der Waals surface area contributed by atoms with Crippen LogP contribution < -0.4 is 10.6 Å². The molecular weight excluding hydrogens is 190 g/mol. The van der Waals surface area contributed by atoms with E-state index in [4.69, 9.17) is 10.8 Å². The van der Waals surface area contributed by atoms with Gasteiger partial charge in [0.1, 0.15) is 0 Å². The maximum Gasteiger partial charge on any atom is 0.0553 e. The van der Waals surface area contributed by atoms with Crippen LogP contribution in [-0.4, -0.2) is 29.8 Å². The van der Waals surface area contributed by atoms with Gasteiger partial charge in [-0.3, -0.25) is 4.98 Å². The van der Waals surface area contributed by atoms with Crippen LogP contribution in [0.2, 0.25) is 0 Å². The Morgan fingerprint density at radius 3 is 2.93 bits per heavy atom. The molecule has 1 saturated heterocycles. The zero-order valence-electron chi connectivity index (χ0n) is 8.76. The minimum Gasteiger partial charge on any atom is -0.396 e. The summed E-state index contributed by atoms with van der Waals surface area (Å²) in [6, 6.07) is 4.01. The molecule has 0 amide bonds. The van der Waals surface area contributed by atoms with Gasteiger partial charge in [0.25, 0.3) is 0 Å². The number of nitrogens with two attached hydrogens (primary N) is 1. The van der Waals surface area contributed by atoms with Crippen molar-refractivity contribution in [2.45, 2.75) is 13.0 Å². The van der Waals surface area contributed by atoms with Crippen molar-refractivity contribution in [3.63, 3.8) is 0 Å². The summed E-state index contributed by atoms with van der Waals surface area (Å²) in [7, 11) is 0. The summed E-state index contributed by atoms with van der Waals surface area (Å²) in [4.78, 5) is 6.52. The van der Waals surface area contributed by atoms with E-state index in [0.717, 1.165) is 30.9 Å². The zero-order chi connectivity index (χ0) is 10.7. The molecular formula is C11H17N3O. The molecule has 1 aromatic rings. The van der Waals surface area contributed by atoms with Crippen molar-refractivity contribution in [2.75, 3.05) is 24.6 Å². The molecule has 0 radical (unpaired) electrons. The van der Waals surface area contributed by atoms with Gasteiger partial charge in [0, 0.05) is 32.2 Å². The van der Waals surface area contributed by atoms with Gasteiger partial charge in [-0.25, -0.2) is 0 Å². The van der Waals surface area contributed by atoms with E-state index < -0.39 is 0 Å². The first-order valence-electron chi connectivity index (χ1n) is 5.34. The largest absolute Gasteiger partial charge is 0.396 e. The third-order valence-corrected chi connectivity index (χ3v) is 2.93. The van der Waals surface area contributed by atoms with E-state index in [-0.39, 0.29) is 6.61 Å². The predicted octanol–water partition coefficient (Wildman–Crippen LogP) is 0.359. The summed E-state index contributed by atoms with van der Waals surface area (Å²) >= 11 is 0. The van der Waals surface area contributed by atoms with Crippen molar-refractivity contribution in [1.82, 2.24) is 4.98 Å². The van der Waals surface area contributed by atoms with Gasteiger partial charge < -0.3 is 15.7 Å². The minimum absolute atomic E-state index is 0.283. The van der Waals surface area contributed by atoms with E-state index in [1.54, 1.807) is 0 Å². The predicted molar refractivity (Wildman–Crippen MR) is 59.5 cm³/mol. The van der Waals surface area contributed by atoms with Gasteiger partial charge in [-0.05, 0) is 18.6 Å². The Morgan fingerprint density at radius 2 is 2.40 bits per heavy atom. The second kappa shape index (κ2) is 4.59. The highest BCUT2D eigenvalue weighted by Crippen LogP contribution is 2.22. The first-order chi connectivity index (χ1) is 7.33.